The number of morpholine rings is 1. The smallest absolute Gasteiger partial charge is 0.261 e. The van der Waals surface area contributed by atoms with Crippen molar-refractivity contribution in [2.75, 3.05) is 39.4 Å². The topological polar surface area (TPSA) is 59.4 Å². The van der Waals surface area contributed by atoms with Crippen LogP contribution in [0.3, 0.4) is 0 Å². The molecule has 6 nitrogen and oxygen atoms in total. The van der Waals surface area contributed by atoms with E-state index in [2.05, 4.69) is 15.3 Å². The van der Waals surface area contributed by atoms with Crippen molar-refractivity contribution in [3.05, 3.63) is 45.9 Å². The molecule has 1 aliphatic rings. The van der Waals surface area contributed by atoms with Crippen molar-refractivity contribution in [3.63, 3.8) is 0 Å². The van der Waals surface area contributed by atoms with Crippen LogP contribution >= 0.6 is 22.9 Å². The number of aryl methyl sites for hydroxylation is 1. The molecule has 2 aromatic heterocycles. The summed E-state index contributed by atoms with van der Waals surface area (Å²) in [5.74, 6) is -0.0253. The second kappa shape index (κ2) is 9.26. The molecule has 0 spiro atoms. The molecule has 0 radical (unpaired) electrons. The van der Waals surface area contributed by atoms with Gasteiger partial charge in [-0.25, -0.2) is 4.68 Å². The van der Waals surface area contributed by atoms with Gasteiger partial charge in [0.25, 0.3) is 5.91 Å². The zero-order chi connectivity index (χ0) is 20.2. The first kappa shape index (κ1) is 20.3. The van der Waals surface area contributed by atoms with Gasteiger partial charge in [-0.3, -0.25) is 9.69 Å². The first-order valence-corrected chi connectivity index (χ1v) is 11.2. The Kier molecular flexibility index (Phi) is 6.50. The Bertz CT molecular complexity index is 994. The number of para-hydroxylation sites is 1. The molecule has 0 saturated carbocycles. The number of halogens is 1. The molecule has 1 amide bonds. The van der Waals surface area contributed by atoms with E-state index in [9.17, 15) is 4.79 Å². The minimum Gasteiger partial charge on any atom is -0.379 e. The highest BCUT2D eigenvalue weighted by Gasteiger charge is 2.18. The summed E-state index contributed by atoms with van der Waals surface area (Å²) in [4.78, 5) is 16.7. The Hall–Kier alpha value is -1.93. The SMILES string of the molecule is Cc1nn(-c2ccccc2Cl)c2sc(C(=O)NCCCCN3CCOCC3)cc12. The summed E-state index contributed by atoms with van der Waals surface area (Å²) in [6.45, 7) is 7.38. The van der Waals surface area contributed by atoms with E-state index in [1.165, 1.54) is 11.3 Å². The van der Waals surface area contributed by atoms with E-state index in [0.717, 1.165) is 67.3 Å². The lowest BCUT2D eigenvalue weighted by Gasteiger charge is -2.26. The molecule has 0 aliphatic carbocycles. The summed E-state index contributed by atoms with van der Waals surface area (Å²) in [5.41, 5.74) is 1.71. The highest BCUT2D eigenvalue weighted by molar-refractivity contribution is 7.20. The van der Waals surface area contributed by atoms with E-state index in [1.54, 1.807) is 0 Å². The van der Waals surface area contributed by atoms with Gasteiger partial charge in [0.1, 0.15) is 4.83 Å². The maximum Gasteiger partial charge on any atom is 0.261 e. The predicted octanol–water partition coefficient (Wildman–Crippen LogP) is 3.89. The molecule has 0 bridgehead atoms. The molecule has 29 heavy (non-hydrogen) atoms. The van der Waals surface area contributed by atoms with Crippen molar-refractivity contribution < 1.29 is 9.53 Å². The third-order valence-corrected chi connectivity index (χ3v) is 6.57. The van der Waals surface area contributed by atoms with Crippen molar-refractivity contribution >= 4 is 39.1 Å². The van der Waals surface area contributed by atoms with Gasteiger partial charge in [0.05, 0.1) is 34.5 Å². The van der Waals surface area contributed by atoms with Crippen molar-refractivity contribution in [2.24, 2.45) is 0 Å². The average molecular weight is 433 g/mol. The van der Waals surface area contributed by atoms with E-state index < -0.39 is 0 Å². The molecule has 8 heteroatoms. The number of fused-ring (bicyclic) bond motifs is 1. The number of rotatable bonds is 7. The number of carbonyl (C=O) groups is 1. The van der Waals surface area contributed by atoms with E-state index in [1.807, 2.05) is 41.9 Å². The molecule has 1 N–H and O–H groups in total. The minimum absolute atomic E-state index is 0.0253. The third-order valence-electron chi connectivity index (χ3n) is 5.14. The van der Waals surface area contributed by atoms with Crippen molar-refractivity contribution in [1.82, 2.24) is 20.0 Å². The van der Waals surface area contributed by atoms with Gasteiger partial charge in [0, 0.05) is 25.0 Å². The van der Waals surface area contributed by atoms with Crippen LogP contribution in [0.15, 0.2) is 30.3 Å². The molecule has 1 saturated heterocycles. The Morgan fingerprint density at radius 3 is 2.86 bits per heavy atom. The fourth-order valence-corrected chi connectivity index (χ4v) is 4.83. The van der Waals surface area contributed by atoms with Crippen molar-refractivity contribution in [3.8, 4) is 5.69 Å². The highest BCUT2D eigenvalue weighted by Crippen LogP contribution is 2.32. The van der Waals surface area contributed by atoms with Gasteiger partial charge < -0.3 is 10.1 Å². The second-order valence-electron chi connectivity index (χ2n) is 7.20. The van der Waals surface area contributed by atoms with E-state index in [4.69, 9.17) is 16.3 Å². The number of thiophene rings is 1. The molecular formula is C21H25ClN4O2S. The zero-order valence-corrected chi connectivity index (χ0v) is 18.1. The van der Waals surface area contributed by atoms with Crippen LogP contribution in [-0.2, 0) is 4.74 Å². The Morgan fingerprint density at radius 2 is 2.07 bits per heavy atom. The number of amides is 1. The van der Waals surface area contributed by atoms with Gasteiger partial charge in [-0.2, -0.15) is 5.10 Å². The van der Waals surface area contributed by atoms with Gasteiger partial charge in [-0.15, -0.1) is 11.3 Å². The zero-order valence-electron chi connectivity index (χ0n) is 16.5. The van der Waals surface area contributed by atoms with Crippen LogP contribution < -0.4 is 5.32 Å². The van der Waals surface area contributed by atoms with Crippen LogP contribution in [0.2, 0.25) is 5.02 Å². The Balaban J connectivity index is 1.37. The minimum atomic E-state index is -0.0253. The number of benzene rings is 1. The predicted molar refractivity (Wildman–Crippen MR) is 118 cm³/mol. The first-order chi connectivity index (χ1) is 14.1. The summed E-state index contributed by atoms with van der Waals surface area (Å²) >= 11 is 7.80. The van der Waals surface area contributed by atoms with Crippen molar-refractivity contribution in [2.45, 2.75) is 19.8 Å². The molecule has 1 fully saturated rings. The number of carbonyl (C=O) groups excluding carboxylic acids is 1. The fraction of sp³-hybridized carbons (Fsp3) is 0.429. The second-order valence-corrected chi connectivity index (χ2v) is 8.63. The van der Waals surface area contributed by atoms with Crippen LogP contribution in [0.1, 0.15) is 28.2 Å². The molecule has 3 aromatic rings. The lowest BCUT2D eigenvalue weighted by Crippen LogP contribution is -2.37. The number of unbranched alkanes of at least 4 members (excludes halogenated alkanes) is 1. The normalized spacial score (nSPS) is 15.1. The summed E-state index contributed by atoms with van der Waals surface area (Å²) in [6, 6.07) is 9.53. The summed E-state index contributed by atoms with van der Waals surface area (Å²) in [6.07, 6.45) is 2.05. The molecule has 1 aliphatic heterocycles. The largest absolute Gasteiger partial charge is 0.379 e. The molecule has 4 rings (SSSR count). The lowest BCUT2D eigenvalue weighted by atomic mass is 10.2. The average Bonchev–Trinajstić information content (AvgIpc) is 3.30. The number of ether oxygens (including phenoxy) is 1. The highest BCUT2D eigenvalue weighted by atomic mass is 35.5. The Morgan fingerprint density at radius 1 is 1.28 bits per heavy atom. The number of nitrogens with one attached hydrogen (secondary N) is 1. The maximum absolute atomic E-state index is 12.6. The first-order valence-electron chi connectivity index (χ1n) is 9.96. The van der Waals surface area contributed by atoms with Crippen LogP contribution in [0, 0.1) is 6.92 Å². The fourth-order valence-electron chi connectivity index (χ4n) is 3.52. The van der Waals surface area contributed by atoms with Crippen LogP contribution in [0.5, 0.6) is 0 Å². The third kappa shape index (κ3) is 4.64. The maximum atomic E-state index is 12.6. The number of hydrogen-bond acceptors (Lipinski definition) is 5. The number of hydrogen-bond donors (Lipinski definition) is 1. The molecule has 154 valence electrons. The monoisotopic (exact) mass is 432 g/mol. The van der Waals surface area contributed by atoms with E-state index in [0.29, 0.717) is 16.4 Å². The van der Waals surface area contributed by atoms with Gasteiger partial charge >= 0.3 is 0 Å². The quantitative estimate of drug-likeness (QED) is 0.575. The molecule has 1 aromatic carbocycles. The van der Waals surface area contributed by atoms with Crippen LogP contribution in [-0.4, -0.2) is 60.0 Å². The molecular weight excluding hydrogens is 408 g/mol. The summed E-state index contributed by atoms with van der Waals surface area (Å²) < 4.78 is 7.20. The molecule has 0 atom stereocenters. The summed E-state index contributed by atoms with van der Waals surface area (Å²) in [5, 5.41) is 9.29. The van der Waals surface area contributed by atoms with Crippen LogP contribution in [0.25, 0.3) is 15.9 Å². The lowest BCUT2D eigenvalue weighted by molar-refractivity contribution is 0.0372. The number of aromatic nitrogens is 2. The Labute approximate surface area is 179 Å². The molecule has 0 unspecified atom stereocenters. The van der Waals surface area contributed by atoms with Gasteiger partial charge in [-0.05, 0) is 44.5 Å². The summed E-state index contributed by atoms with van der Waals surface area (Å²) in [7, 11) is 0. The standard InChI is InChI=1S/C21H25ClN4O2S/c1-15-16-14-19(20(27)23-8-4-5-9-25-10-12-28-13-11-25)29-21(16)26(24-15)18-7-3-2-6-17(18)22/h2-3,6-7,14H,4-5,8-13H2,1H3,(H,23,27). The van der Waals surface area contributed by atoms with Gasteiger partial charge in [0.15, 0.2) is 0 Å². The van der Waals surface area contributed by atoms with E-state index in [-0.39, 0.29) is 5.91 Å². The van der Waals surface area contributed by atoms with Crippen molar-refractivity contribution in [1.29, 1.82) is 0 Å². The molecule has 3 heterocycles. The van der Waals surface area contributed by atoms with Gasteiger partial charge in [0.2, 0.25) is 0 Å². The number of nitrogens with zero attached hydrogens (tertiary/aromatic N) is 3. The van der Waals surface area contributed by atoms with Gasteiger partial charge in [-0.1, -0.05) is 23.7 Å². The van der Waals surface area contributed by atoms with Crippen LogP contribution in [0.4, 0.5) is 0 Å². The van der Waals surface area contributed by atoms with E-state index >= 15 is 0 Å².